The number of methoxy groups -OCH3 is 1. The lowest BCUT2D eigenvalue weighted by Gasteiger charge is -2.16. The number of benzene rings is 1. The molecule has 1 aromatic rings. The number of oxime groups is 1. The third kappa shape index (κ3) is 3.75. The zero-order valence-electron chi connectivity index (χ0n) is 10.7. The number of rotatable bonds is 5. The third-order valence-electron chi connectivity index (χ3n) is 2.59. The van der Waals surface area contributed by atoms with Gasteiger partial charge < -0.3 is 21.0 Å². The van der Waals surface area contributed by atoms with E-state index in [1.165, 1.54) is 13.2 Å². The molecule has 104 valence electrons. The molecule has 7 heteroatoms. The van der Waals surface area contributed by atoms with Gasteiger partial charge in [-0.15, -0.1) is 0 Å². The van der Waals surface area contributed by atoms with Crippen molar-refractivity contribution in [3.05, 3.63) is 28.8 Å². The molecule has 0 fully saturated rings. The molecule has 0 aliphatic carbocycles. The van der Waals surface area contributed by atoms with Gasteiger partial charge >= 0.3 is 0 Å². The molecule has 0 heterocycles. The molecule has 0 radical (unpaired) electrons. The van der Waals surface area contributed by atoms with Gasteiger partial charge in [0.05, 0.1) is 18.7 Å². The highest BCUT2D eigenvalue weighted by molar-refractivity contribution is 6.31. The summed E-state index contributed by atoms with van der Waals surface area (Å²) in [5, 5.41) is 14.6. The first kappa shape index (κ1) is 15.1. The van der Waals surface area contributed by atoms with Crippen molar-refractivity contribution in [1.29, 1.82) is 0 Å². The normalized spacial score (nSPS) is 12.9. The number of halogens is 1. The Morgan fingerprint density at radius 1 is 1.63 bits per heavy atom. The van der Waals surface area contributed by atoms with E-state index in [9.17, 15) is 4.79 Å². The second-order valence-electron chi connectivity index (χ2n) is 3.80. The smallest absolute Gasteiger partial charge is 0.255 e. The van der Waals surface area contributed by atoms with Crippen LogP contribution in [0.2, 0.25) is 5.02 Å². The van der Waals surface area contributed by atoms with E-state index in [1.807, 2.05) is 0 Å². The van der Waals surface area contributed by atoms with Crippen molar-refractivity contribution in [3.8, 4) is 5.75 Å². The first-order chi connectivity index (χ1) is 9.03. The number of hydrogen-bond acceptors (Lipinski definition) is 4. The van der Waals surface area contributed by atoms with E-state index in [0.717, 1.165) is 0 Å². The quantitative estimate of drug-likeness (QED) is 0.331. The van der Waals surface area contributed by atoms with Gasteiger partial charge in [0.25, 0.3) is 5.91 Å². The van der Waals surface area contributed by atoms with E-state index < -0.39 is 11.9 Å². The second-order valence-corrected chi connectivity index (χ2v) is 4.24. The van der Waals surface area contributed by atoms with Crippen LogP contribution in [0.4, 0.5) is 0 Å². The summed E-state index contributed by atoms with van der Waals surface area (Å²) in [6, 6.07) is 4.16. The van der Waals surface area contributed by atoms with Gasteiger partial charge in [0, 0.05) is 5.02 Å². The van der Waals surface area contributed by atoms with Gasteiger partial charge in [0.15, 0.2) is 5.84 Å². The highest BCUT2D eigenvalue weighted by atomic mass is 35.5. The highest BCUT2D eigenvalue weighted by Gasteiger charge is 2.19. The summed E-state index contributed by atoms with van der Waals surface area (Å²) in [6.45, 7) is 1.80. The lowest BCUT2D eigenvalue weighted by atomic mass is 10.1. The Bertz CT molecular complexity index is 491. The molecule has 1 aromatic carbocycles. The number of amidine groups is 1. The van der Waals surface area contributed by atoms with Gasteiger partial charge in [0.2, 0.25) is 0 Å². The van der Waals surface area contributed by atoms with E-state index in [-0.39, 0.29) is 5.84 Å². The predicted octanol–water partition coefficient (Wildman–Crippen LogP) is 1.60. The van der Waals surface area contributed by atoms with Crippen LogP contribution in [0, 0.1) is 0 Å². The van der Waals surface area contributed by atoms with Crippen molar-refractivity contribution >= 4 is 23.3 Å². The van der Waals surface area contributed by atoms with Gasteiger partial charge in [-0.2, -0.15) is 0 Å². The van der Waals surface area contributed by atoms with E-state index in [1.54, 1.807) is 19.1 Å². The Hall–Kier alpha value is -1.95. The fraction of sp³-hybridized carbons (Fsp3) is 0.333. The second kappa shape index (κ2) is 6.84. The minimum atomic E-state index is -0.554. The topological polar surface area (TPSA) is 96.9 Å². The molecule has 1 atom stereocenters. The molecular formula is C12H16ClN3O3. The molecule has 0 aromatic heterocycles. The van der Waals surface area contributed by atoms with Crippen molar-refractivity contribution in [2.24, 2.45) is 10.9 Å². The molecule has 19 heavy (non-hydrogen) atoms. The van der Waals surface area contributed by atoms with E-state index in [2.05, 4.69) is 10.5 Å². The molecule has 4 N–H and O–H groups in total. The molecule has 1 rings (SSSR count). The molecule has 0 saturated heterocycles. The average Bonchev–Trinajstić information content (AvgIpc) is 2.43. The summed E-state index contributed by atoms with van der Waals surface area (Å²) in [7, 11) is 1.46. The summed E-state index contributed by atoms with van der Waals surface area (Å²) in [5.41, 5.74) is 5.77. The van der Waals surface area contributed by atoms with Crippen LogP contribution in [0.15, 0.2) is 23.4 Å². The zero-order valence-corrected chi connectivity index (χ0v) is 11.4. The van der Waals surface area contributed by atoms with Crippen molar-refractivity contribution in [3.63, 3.8) is 0 Å². The van der Waals surface area contributed by atoms with Crippen LogP contribution in [0.5, 0.6) is 5.75 Å². The Kier molecular flexibility index (Phi) is 5.44. The number of hydrogen-bond donors (Lipinski definition) is 3. The summed E-state index contributed by atoms with van der Waals surface area (Å²) < 4.78 is 5.09. The number of carbonyl (C=O) groups is 1. The Labute approximate surface area is 116 Å². The maximum atomic E-state index is 12.1. The molecule has 0 aliphatic rings. The summed E-state index contributed by atoms with van der Waals surface area (Å²) in [4.78, 5) is 12.1. The molecule has 0 aliphatic heterocycles. The van der Waals surface area contributed by atoms with E-state index >= 15 is 0 Å². The van der Waals surface area contributed by atoms with Crippen molar-refractivity contribution in [2.75, 3.05) is 7.11 Å². The van der Waals surface area contributed by atoms with Crippen LogP contribution in [0.1, 0.15) is 23.7 Å². The van der Waals surface area contributed by atoms with E-state index in [4.69, 9.17) is 27.3 Å². The number of amides is 1. The summed E-state index contributed by atoms with van der Waals surface area (Å²) >= 11 is 5.85. The average molecular weight is 286 g/mol. The van der Waals surface area contributed by atoms with Crippen LogP contribution in [-0.4, -0.2) is 30.1 Å². The third-order valence-corrected chi connectivity index (χ3v) is 2.83. The van der Waals surface area contributed by atoms with Gasteiger partial charge in [-0.3, -0.25) is 4.79 Å². The van der Waals surface area contributed by atoms with Gasteiger partial charge in [0.1, 0.15) is 5.75 Å². The maximum Gasteiger partial charge on any atom is 0.255 e. The zero-order chi connectivity index (χ0) is 14.4. The summed E-state index contributed by atoms with van der Waals surface area (Å²) in [5.74, 6) is -0.0640. The van der Waals surface area contributed by atoms with Gasteiger partial charge in [-0.05, 0) is 24.6 Å². The largest absolute Gasteiger partial charge is 0.496 e. The Balaban J connectivity index is 2.97. The SMILES string of the molecule is CCC(NC(=O)c1cc(Cl)ccc1OC)/C(N)=N/O. The minimum Gasteiger partial charge on any atom is -0.496 e. The van der Waals surface area contributed by atoms with Crippen LogP contribution < -0.4 is 15.8 Å². The monoisotopic (exact) mass is 285 g/mol. The number of nitrogens with two attached hydrogens (primary N) is 1. The summed E-state index contributed by atoms with van der Waals surface area (Å²) in [6.07, 6.45) is 0.491. The predicted molar refractivity (Wildman–Crippen MR) is 73.0 cm³/mol. The molecular weight excluding hydrogens is 270 g/mol. The molecule has 1 amide bonds. The number of nitrogens with one attached hydrogen (secondary N) is 1. The fourth-order valence-corrected chi connectivity index (χ4v) is 1.72. The molecule has 6 nitrogen and oxygen atoms in total. The number of ether oxygens (including phenoxy) is 1. The van der Waals surface area contributed by atoms with Crippen molar-refractivity contribution in [1.82, 2.24) is 5.32 Å². The van der Waals surface area contributed by atoms with Crippen LogP contribution >= 0.6 is 11.6 Å². The van der Waals surface area contributed by atoms with Crippen molar-refractivity contribution in [2.45, 2.75) is 19.4 Å². The maximum absolute atomic E-state index is 12.1. The Morgan fingerprint density at radius 3 is 2.84 bits per heavy atom. The fourth-order valence-electron chi connectivity index (χ4n) is 1.55. The highest BCUT2D eigenvalue weighted by Crippen LogP contribution is 2.22. The number of nitrogens with zero attached hydrogens (tertiary/aromatic N) is 1. The lowest BCUT2D eigenvalue weighted by molar-refractivity contribution is 0.0942. The van der Waals surface area contributed by atoms with Gasteiger partial charge in [-0.1, -0.05) is 23.7 Å². The first-order valence-corrected chi connectivity index (χ1v) is 6.03. The molecule has 1 unspecified atom stereocenters. The molecule has 0 bridgehead atoms. The Morgan fingerprint density at radius 2 is 2.32 bits per heavy atom. The standard InChI is InChI=1S/C12H16ClN3O3/c1-3-9(11(14)16-18)15-12(17)8-6-7(13)4-5-10(8)19-2/h4-6,9,18H,3H2,1-2H3,(H2,14,16)(H,15,17). The van der Waals surface area contributed by atoms with Crippen LogP contribution in [0.3, 0.4) is 0 Å². The van der Waals surface area contributed by atoms with Crippen LogP contribution in [-0.2, 0) is 0 Å². The minimum absolute atomic E-state index is 0.0585. The van der Waals surface area contributed by atoms with Crippen molar-refractivity contribution < 1.29 is 14.7 Å². The molecule has 0 spiro atoms. The van der Waals surface area contributed by atoms with E-state index in [0.29, 0.717) is 22.8 Å². The first-order valence-electron chi connectivity index (χ1n) is 5.65. The van der Waals surface area contributed by atoms with Crippen LogP contribution in [0.25, 0.3) is 0 Å². The lowest BCUT2D eigenvalue weighted by Crippen LogP contribution is -2.44. The number of carbonyl (C=O) groups excluding carboxylic acids is 1. The van der Waals surface area contributed by atoms with Gasteiger partial charge in [-0.25, -0.2) is 0 Å². The molecule has 0 saturated carbocycles.